The number of nitrogen functional groups attached to an aromatic ring is 3. The van der Waals surface area contributed by atoms with Gasteiger partial charge in [0, 0.05) is 5.56 Å². The molecule has 0 saturated heterocycles. The average Bonchev–Trinajstić information content (AvgIpc) is 2.38. The average molecular weight is 294 g/mol. The van der Waals surface area contributed by atoms with E-state index < -0.39 is 0 Å². The molecule has 0 bridgehead atoms. The van der Waals surface area contributed by atoms with Gasteiger partial charge in [0.1, 0.15) is 17.4 Å². The number of nitrogens with two attached hydrogens (primary N) is 3. The number of halogens is 1. The first-order valence-corrected chi connectivity index (χ1v) is 6.50. The highest BCUT2D eigenvalue weighted by Gasteiger charge is 2.08. The van der Waals surface area contributed by atoms with Crippen LogP contribution in [0.25, 0.3) is 0 Å². The molecule has 6 nitrogen and oxygen atoms in total. The second-order valence-corrected chi connectivity index (χ2v) is 4.62. The Morgan fingerprint density at radius 2 is 1.70 bits per heavy atom. The van der Waals surface area contributed by atoms with E-state index in [2.05, 4.69) is 9.97 Å². The van der Waals surface area contributed by atoms with Crippen LogP contribution in [0.1, 0.15) is 12.0 Å². The van der Waals surface area contributed by atoms with E-state index in [0.717, 1.165) is 0 Å². The smallest absolute Gasteiger partial charge is 0.223 e. The molecule has 0 radical (unpaired) electrons. The summed E-state index contributed by atoms with van der Waals surface area (Å²) in [5, 5.41) is 0.586. The highest BCUT2D eigenvalue weighted by Crippen LogP contribution is 2.24. The molecule has 0 aliphatic rings. The summed E-state index contributed by atoms with van der Waals surface area (Å²) in [7, 11) is 0. The van der Waals surface area contributed by atoms with Gasteiger partial charge in [0.25, 0.3) is 0 Å². The number of ether oxygens (including phenoxy) is 1. The SMILES string of the molecule is Nc1nc(N)c(CCCOc2ccccc2Cl)c(N)n1. The lowest BCUT2D eigenvalue weighted by Crippen LogP contribution is -2.10. The van der Waals surface area contributed by atoms with E-state index in [1.165, 1.54) is 0 Å². The van der Waals surface area contributed by atoms with E-state index >= 15 is 0 Å². The van der Waals surface area contributed by atoms with E-state index in [1.54, 1.807) is 6.07 Å². The highest BCUT2D eigenvalue weighted by molar-refractivity contribution is 6.32. The third-order valence-corrected chi connectivity index (χ3v) is 3.07. The minimum absolute atomic E-state index is 0.0797. The Bertz CT molecular complexity index is 582. The maximum absolute atomic E-state index is 5.99. The molecule has 0 saturated carbocycles. The van der Waals surface area contributed by atoms with Gasteiger partial charge in [-0.3, -0.25) is 0 Å². The number of hydrogen-bond donors (Lipinski definition) is 3. The lowest BCUT2D eigenvalue weighted by molar-refractivity contribution is 0.311. The van der Waals surface area contributed by atoms with Crippen molar-refractivity contribution in [3.63, 3.8) is 0 Å². The lowest BCUT2D eigenvalue weighted by Gasteiger charge is -2.10. The van der Waals surface area contributed by atoms with Crippen LogP contribution >= 0.6 is 11.6 Å². The van der Waals surface area contributed by atoms with Crippen molar-refractivity contribution in [3.05, 3.63) is 34.9 Å². The van der Waals surface area contributed by atoms with E-state index in [-0.39, 0.29) is 5.95 Å². The largest absolute Gasteiger partial charge is 0.492 e. The van der Waals surface area contributed by atoms with Crippen LogP contribution in [0.15, 0.2) is 24.3 Å². The molecule has 106 valence electrons. The van der Waals surface area contributed by atoms with E-state index in [0.29, 0.717) is 47.4 Å². The molecule has 0 spiro atoms. The molecule has 0 aliphatic carbocycles. The van der Waals surface area contributed by atoms with Crippen LogP contribution in [0.4, 0.5) is 17.6 Å². The molecule has 6 N–H and O–H groups in total. The Morgan fingerprint density at radius 1 is 1.05 bits per heavy atom. The minimum Gasteiger partial charge on any atom is -0.492 e. The molecule has 1 heterocycles. The molecule has 0 atom stereocenters. The second-order valence-electron chi connectivity index (χ2n) is 4.21. The number of para-hydroxylation sites is 1. The van der Waals surface area contributed by atoms with Gasteiger partial charge in [-0.2, -0.15) is 9.97 Å². The maximum atomic E-state index is 5.99. The molecule has 7 heteroatoms. The molecule has 1 aromatic carbocycles. The zero-order valence-electron chi connectivity index (χ0n) is 10.8. The summed E-state index contributed by atoms with van der Waals surface area (Å²) in [5.74, 6) is 1.36. The van der Waals surface area contributed by atoms with Gasteiger partial charge in [-0.15, -0.1) is 0 Å². The summed E-state index contributed by atoms with van der Waals surface area (Å²) < 4.78 is 5.58. The Morgan fingerprint density at radius 3 is 2.35 bits per heavy atom. The van der Waals surface area contributed by atoms with Gasteiger partial charge in [0.15, 0.2) is 0 Å². The molecular formula is C13H16ClN5O. The van der Waals surface area contributed by atoms with Crippen LogP contribution in [-0.2, 0) is 6.42 Å². The van der Waals surface area contributed by atoms with Gasteiger partial charge in [-0.05, 0) is 25.0 Å². The summed E-state index contributed by atoms with van der Waals surface area (Å²) in [6, 6.07) is 7.31. The van der Waals surface area contributed by atoms with Gasteiger partial charge in [0.05, 0.1) is 11.6 Å². The third-order valence-electron chi connectivity index (χ3n) is 2.75. The third kappa shape index (κ3) is 3.42. The summed E-state index contributed by atoms with van der Waals surface area (Å²) >= 11 is 5.99. The van der Waals surface area contributed by atoms with E-state index in [4.69, 9.17) is 33.5 Å². The first-order valence-electron chi connectivity index (χ1n) is 6.12. The quantitative estimate of drug-likeness (QED) is 0.726. The number of rotatable bonds is 5. The molecule has 2 aromatic rings. The monoisotopic (exact) mass is 293 g/mol. The van der Waals surface area contributed by atoms with Gasteiger partial charge in [-0.25, -0.2) is 0 Å². The van der Waals surface area contributed by atoms with Crippen LogP contribution in [-0.4, -0.2) is 16.6 Å². The van der Waals surface area contributed by atoms with Crippen molar-refractivity contribution in [2.75, 3.05) is 23.8 Å². The predicted octanol–water partition coefficient (Wildman–Crippen LogP) is 1.89. The summed E-state index contributed by atoms with van der Waals surface area (Å²) in [5.41, 5.74) is 17.7. The van der Waals surface area contributed by atoms with E-state index in [9.17, 15) is 0 Å². The maximum Gasteiger partial charge on any atom is 0.223 e. The summed E-state index contributed by atoms with van der Waals surface area (Å²) in [4.78, 5) is 7.78. The molecule has 0 amide bonds. The van der Waals surface area contributed by atoms with Crippen molar-refractivity contribution < 1.29 is 4.74 Å². The van der Waals surface area contributed by atoms with Crippen molar-refractivity contribution in [2.24, 2.45) is 0 Å². The zero-order valence-corrected chi connectivity index (χ0v) is 11.6. The molecular weight excluding hydrogens is 278 g/mol. The first kappa shape index (κ1) is 14.2. The Kier molecular flexibility index (Phi) is 4.47. The first-order chi connectivity index (χ1) is 9.58. The molecule has 2 rings (SSSR count). The molecule has 0 aliphatic heterocycles. The Balaban J connectivity index is 1.90. The molecule has 20 heavy (non-hydrogen) atoms. The van der Waals surface area contributed by atoms with Crippen molar-refractivity contribution in [2.45, 2.75) is 12.8 Å². The number of aromatic nitrogens is 2. The van der Waals surface area contributed by atoms with Crippen molar-refractivity contribution in [3.8, 4) is 5.75 Å². The van der Waals surface area contributed by atoms with Crippen LogP contribution in [0.3, 0.4) is 0 Å². The Hall–Kier alpha value is -2.21. The fraction of sp³-hybridized carbons (Fsp3) is 0.231. The second kappa shape index (κ2) is 6.29. The number of hydrogen-bond acceptors (Lipinski definition) is 6. The highest BCUT2D eigenvalue weighted by atomic mass is 35.5. The van der Waals surface area contributed by atoms with Crippen molar-refractivity contribution in [1.29, 1.82) is 0 Å². The number of anilines is 3. The lowest BCUT2D eigenvalue weighted by atomic mass is 10.1. The minimum atomic E-state index is 0.0797. The van der Waals surface area contributed by atoms with Gasteiger partial charge in [-0.1, -0.05) is 23.7 Å². The fourth-order valence-corrected chi connectivity index (χ4v) is 1.98. The number of benzene rings is 1. The predicted molar refractivity (Wildman–Crippen MR) is 80.5 cm³/mol. The van der Waals surface area contributed by atoms with Crippen LogP contribution < -0.4 is 21.9 Å². The normalized spacial score (nSPS) is 10.4. The van der Waals surface area contributed by atoms with Crippen LogP contribution in [0.5, 0.6) is 5.75 Å². The topological polar surface area (TPSA) is 113 Å². The van der Waals surface area contributed by atoms with Crippen LogP contribution in [0.2, 0.25) is 5.02 Å². The number of nitrogens with zero attached hydrogens (tertiary/aromatic N) is 2. The standard InChI is InChI=1S/C13H16ClN5O/c14-9-5-1-2-6-10(9)20-7-3-4-8-11(15)18-13(17)19-12(8)16/h1-2,5-6H,3-4,7H2,(H6,15,16,17,18,19). The molecule has 1 aromatic heterocycles. The summed E-state index contributed by atoms with van der Waals surface area (Å²) in [6.07, 6.45) is 1.33. The Labute approximate surface area is 121 Å². The molecule has 0 unspecified atom stereocenters. The summed E-state index contributed by atoms with van der Waals surface area (Å²) in [6.45, 7) is 0.493. The van der Waals surface area contributed by atoms with Gasteiger partial charge >= 0.3 is 0 Å². The van der Waals surface area contributed by atoms with Crippen molar-refractivity contribution >= 4 is 29.2 Å². The van der Waals surface area contributed by atoms with Crippen molar-refractivity contribution in [1.82, 2.24) is 9.97 Å². The van der Waals surface area contributed by atoms with Gasteiger partial charge in [0.2, 0.25) is 5.95 Å². The molecule has 0 fully saturated rings. The fourth-order valence-electron chi connectivity index (χ4n) is 1.79. The van der Waals surface area contributed by atoms with Crippen LogP contribution in [0, 0.1) is 0 Å². The zero-order chi connectivity index (χ0) is 14.5. The van der Waals surface area contributed by atoms with Gasteiger partial charge < -0.3 is 21.9 Å². The van der Waals surface area contributed by atoms with E-state index in [1.807, 2.05) is 18.2 Å².